The molecule has 0 atom stereocenters. The molecule has 0 aliphatic rings. The lowest BCUT2D eigenvalue weighted by Gasteiger charge is -1.96. The van der Waals surface area contributed by atoms with Crippen LogP contribution in [0, 0.1) is 5.92 Å². The fourth-order valence-corrected chi connectivity index (χ4v) is 0. The summed E-state index contributed by atoms with van der Waals surface area (Å²) in [5.74, 6) is 0.0787. The van der Waals surface area contributed by atoms with Gasteiger partial charge < -0.3 is 4.79 Å². The average molecular weight is 71.1 g/mol. The molecule has 0 N–H and O–H groups in total. The van der Waals surface area contributed by atoms with E-state index in [2.05, 4.69) is 0 Å². The van der Waals surface area contributed by atoms with Crippen molar-refractivity contribution in [3.8, 4) is 0 Å². The highest BCUT2D eigenvalue weighted by atomic mass is 16.1. The van der Waals surface area contributed by atoms with Gasteiger partial charge in [0.05, 0.1) is 0 Å². The Hall–Kier alpha value is -0.330. The second-order valence-corrected chi connectivity index (χ2v) is 1.27. The first-order chi connectivity index (χ1) is 2.27. The summed E-state index contributed by atoms with van der Waals surface area (Å²) in [6.07, 6.45) is 1.78. The Kier molecular flexibility index (Phi) is 1.81. The molecule has 1 heteroatoms. The molecule has 0 aliphatic carbocycles. The first kappa shape index (κ1) is 4.67. The molecule has 0 aromatic rings. The maximum absolute atomic E-state index is 9.38. The van der Waals surface area contributed by atoms with E-state index in [1.54, 1.807) is 20.1 Å². The summed E-state index contributed by atoms with van der Waals surface area (Å²) in [5.41, 5.74) is 0. The molecule has 1 nitrogen and oxygen atoms in total. The van der Waals surface area contributed by atoms with Crippen LogP contribution >= 0.6 is 0 Å². The van der Waals surface area contributed by atoms with Crippen molar-refractivity contribution >= 4 is 6.29 Å². The summed E-state index contributed by atoms with van der Waals surface area (Å²) in [6.45, 7) is 3.60. The fraction of sp³-hybridized carbons (Fsp3) is 0.750. The van der Waals surface area contributed by atoms with Crippen molar-refractivity contribution in [2.75, 3.05) is 0 Å². The molecule has 0 unspecified atom stereocenters. The molecular weight excluding hydrogens is 64.0 g/mol. The van der Waals surface area contributed by atoms with Gasteiger partial charge in [-0.2, -0.15) is 0 Å². The van der Waals surface area contributed by atoms with Crippen LogP contribution in [0.3, 0.4) is 0 Å². The Morgan fingerprint density at radius 1 is 1.60 bits per heavy atom. The van der Waals surface area contributed by atoms with Crippen LogP contribution in [0.4, 0.5) is 0 Å². The van der Waals surface area contributed by atoms with Crippen molar-refractivity contribution in [3.05, 3.63) is 0 Å². The van der Waals surface area contributed by atoms with E-state index in [0.717, 1.165) is 0 Å². The van der Waals surface area contributed by atoms with Gasteiger partial charge in [-0.1, -0.05) is 13.8 Å². The van der Waals surface area contributed by atoms with Gasteiger partial charge in [-0.3, -0.25) is 6.29 Å². The molecule has 0 bridgehead atoms. The van der Waals surface area contributed by atoms with Crippen molar-refractivity contribution in [1.82, 2.24) is 0 Å². The molecule has 0 saturated carbocycles. The molecule has 0 amide bonds. The van der Waals surface area contributed by atoms with Crippen LogP contribution in [0.5, 0.6) is 0 Å². The van der Waals surface area contributed by atoms with Gasteiger partial charge in [0.25, 0.3) is 0 Å². The number of carbonyl (C=O) groups excluding carboxylic acids is 1. The predicted molar refractivity (Wildman–Crippen MR) is 20.5 cm³/mol. The van der Waals surface area contributed by atoms with Gasteiger partial charge in [0.15, 0.2) is 0 Å². The lowest BCUT2D eigenvalue weighted by Crippen LogP contribution is -1.82. The molecule has 5 heavy (non-hydrogen) atoms. The summed E-state index contributed by atoms with van der Waals surface area (Å²) in [6, 6.07) is 0. The van der Waals surface area contributed by atoms with E-state index >= 15 is 0 Å². The quantitative estimate of drug-likeness (QED) is 0.417. The van der Waals surface area contributed by atoms with Crippen molar-refractivity contribution in [2.45, 2.75) is 13.8 Å². The van der Waals surface area contributed by atoms with Crippen molar-refractivity contribution in [1.29, 1.82) is 0 Å². The molecule has 0 fully saturated rings. The summed E-state index contributed by atoms with van der Waals surface area (Å²) < 4.78 is 0. The van der Waals surface area contributed by atoms with Crippen LogP contribution < -0.4 is 0 Å². The summed E-state index contributed by atoms with van der Waals surface area (Å²) in [5, 5.41) is 0. The second kappa shape index (κ2) is 1.94. The zero-order valence-electron chi connectivity index (χ0n) is 3.49. The van der Waals surface area contributed by atoms with Gasteiger partial charge in [0, 0.05) is 0 Å². The minimum atomic E-state index is 0.0787. The van der Waals surface area contributed by atoms with Crippen LogP contribution in [0.25, 0.3) is 0 Å². The molecule has 0 aromatic carbocycles. The third-order valence-corrected chi connectivity index (χ3v) is 0.236. The molecule has 0 heterocycles. The van der Waals surface area contributed by atoms with E-state index in [9.17, 15) is 4.79 Å². The number of rotatable bonds is 1. The van der Waals surface area contributed by atoms with Gasteiger partial charge in [-0.05, 0) is 0 Å². The Bertz CT molecular complexity index is 30.6. The fourth-order valence-electron chi connectivity index (χ4n) is 0. The third-order valence-electron chi connectivity index (χ3n) is 0.236. The topological polar surface area (TPSA) is 17.1 Å². The minimum absolute atomic E-state index is 0.0787. The Balaban J connectivity index is 2.83. The van der Waals surface area contributed by atoms with Crippen LogP contribution in [-0.4, -0.2) is 6.29 Å². The molecule has 0 spiro atoms. The van der Waals surface area contributed by atoms with Gasteiger partial charge in [0.1, 0.15) is 0 Å². The standard InChI is InChI=1S/C4H7O/c1-4(2)3-5/h4H,1-2H3/q-1. The summed E-state index contributed by atoms with van der Waals surface area (Å²) >= 11 is 0. The van der Waals surface area contributed by atoms with Crippen molar-refractivity contribution in [3.63, 3.8) is 0 Å². The zero-order chi connectivity index (χ0) is 4.28. The van der Waals surface area contributed by atoms with Gasteiger partial charge in [0.2, 0.25) is 0 Å². The SMILES string of the molecule is CC(C)[C-]=O. The maximum Gasteiger partial charge on any atom is -0.0870 e. The Labute approximate surface area is 32.0 Å². The lowest BCUT2D eigenvalue weighted by molar-refractivity contribution is 0.537. The normalized spacial score (nSPS) is 8.60. The summed E-state index contributed by atoms with van der Waals surface area (Å²) in [4.78, 5) is 9.38. The molecular formula is C4H7O-. The van der Waals surface area contributed by atoms with Gasteiger partial charge >= 0.3 is 0 Å². The van der Waals surface area contributed by atoms with Gasteiger partial charge in [-0.15, -0.1) is 5.92 Å². The van der Waals surface area contributed by atoms with E-state index in [1.165, 1.54) is 0 Å². The first-order valence-electron chi connectivity index (χ1n) is 1.65. The smallest absolute Gasteiger partial charge is 0.0870 e. The first-order valence-corrected chi connectivity index (χ1v) is 1.65. The van der Waals surface area contributed by atoms with Crippen molar-refractivity contribution in [2.24, 2.45) is 5.92 Å². The number of hydrogen-bond donors (Lipinski definition) is 0. The Morgan fingerprint density at radius 2 is 1.80 bits per heavy atom. The molecule has 0 saturated heterocycles. The zero-order valence-corrected chi connectivity index (χ0v) is 3.49. The maximum atomic E-state index is 9.38. The highest BCUT2D eigenvalue weighted by molar-refractivity contribution is 5.52. The van der Waals surface area contributed by atoms with E-state index in [4.69, 9.17) is 0 Å². The van der Waals surface area contributed by atoms with E-state index in [-0.39, 0.29) is 5.92 Å². The molecule has 30 valence electrons. The molecule has 0 aliphatic heterocycles. The lowest BCUT2D eigenvalue weighted by atomic mass is 10.3. The predicted octanol–water partition coefficient (Wildman–Crippen LogP) is 0.752. The molecule has 0 radical (unpaired) electrons. The summed E-state index contributed by atoms with van der Waals surface area (Å²) in [7, 11) is 0. The van der Waals surface area contributed by atoms with E-state index in [0.29, 0.717) is 0 Å². The van der Waals surface area contributed by atoms with E-state index in [1.807, 2.05) is 0 Å². The third kappa shape index (κ3) is 3.67. The highest BCUT2D eigenvalue weighted by Gasteiger charge is 1.63. The molecule has 0 rings (SSSR count). The highest BCUT2D eigenvalue weighted by Crippen LogP contribution is 1.78. The van der Waals surface area contributed by atoms with Crippen LogP contribution in [0.1, 0.15) is 13.8 Å². The largest absolute Gasteiger partial charge is 0.542 e. The molecule has 0 aromatic heterocycles. The van der Waals surface area contributed by atoms with Gasteiger partial charge in [-0.25, -0.2) is 0 Å². The van der Waals surface area contributed by atoms with Crippen LogP contribution in [0.2, 0.25) is 0 Å². The Morgan fingerprint density at radius 3 is 1.80 bits per heavy atom. The van der Waals surface area contributed by atoms with E-state index < -0.39 is 0 Å². The monoisotopic (exact) mass is 71.1 g/mol. The van der Waals surface area contributed by atoms with Crippen molar-refractivity contribution < 1.29 is 4.79 Å². The second-order valence-electron chi connectivity index (χ2n) is 1.27. The number of hydrogen-bond acceptors (Lipinski definition) is 1. The van der Waals surface area contributed by atoms with Crippen LogP contribution in [0.15, 0.2) is 0 Å². The average Bonchev–Trinajstić information content (AvgIpc) is 1.38. The minimum Gasteiger partial charge on any atom is -0.542 e. The van der Waals surface area contributed by atoms with Crippen LogP contribution in [-0.2, 0) is 4.79 Å².